The maximum atomic E-state index is 12.1. The number of aromatic nitrogens is 2. The molecule has 7 nitrogen and oxygen atoms in total. The highest BCUT2D eigenvalue weighted by molar-refractivity contribution is 7.15. The molecule has 0 aliphatic heterocycles. The summed E-state index contributed by atoms with van der Waals surface area (Å²) in [6.07, 6.45) is 2.67. The number of anilines is 1. The number of nitrogens with zero attached hydrogens (tertiary/aromatic N) is 2. The number of thiazole rings is 1. The van der Waals surface area contributed by atoms with Crippen molar-refractivity contribution in [2.45, 2.75) is 26.4 Å². The summed E-state index contributed by atoms with van der Waals surface area (Å²) in [5.74, 6) is -1.02. The van der Waals surface area contributed by atoms with Gasteiger partial charge in [0, 0.05) is 29.0 Å². The summed E-state index contributed by atoms with van der Waals surface area (Å²) in [7, 11) is 0. The Kier molecular flexibility index (Phi) is 5.13. The number of carbonyl (C=O) groups excluding carboxylic acids is 3. The summed E-state index contributed by atoms with van der Waals surface area (Å²) in [6, 6.07) is 6.50. The molecule has 3 rings (SSSR count). The predicted molar refractivity (Wildman–Crippen MR) is 97.4 cm³/mol. The van der Waals surface area contributed by atoms with Gasteiger partial charge >= 0.3 is 5.97 Å². The van der Waals surface area contributed by atoms with E-state index in [1.54, 1.807) is 30.5 Å². The smallest absolute Gasteiger partial charge is 0.312 e. The molecule has 0 spiro atoms. The average Bonchev–Trinajstić information content (AvgIpc) is 3.16. The van der Waals surface area contributed by atoms with Gasteiger partial charge in [0.1, 0.15) is 0 Å². The molecule has 1 N–H and O–H groups in total. The van der Waals surface area contributed by atoms with E-state index in [9.17, 15) is 14.4 Å². The van der Waals surface area contributed by atoms with Crippen molar-refractivity contribution in [1.29, 1.82) is 0 Å². The Hall–Kier alpha value is -3.00. The highest BCUT2D eigenvalue weighted by Gasteiger charge is 2.19. The van der Waals surface area contributed by atoms with E-state index in [2.05, 4.69) is 10.3 Å². The van der Waals surface area contributed by atoms with Crippen LogP contribution in [-0.4, -0.2) is 33.1 Å². The molecule has 1 atom stereocenters. The van der Waals surface area contributed by atoms with Gasteiger partial charge in [-0.2, -0.15) is 0 Å². The van der Waals surface area contributed by atoms with Gasteiger partial charge in [0.2, 0.25) is 0 Å². The molecule has 1 amide bonds. The van der Waals surface area contributed by atoms with Crippen LogP contribution in [0.15, 0.2) is 42.0 Å². The molecule has 134 valence electrons. The molecule has 8 heteroatoms. The number of hydrogen-bond donors (Lipinski definition) is 1. The number of amides is 1. The second-order valence-electron chi connectivity index (χ2n) is 5.76. The molecule has 0 aliphatic carbocycles. The van der Waals surface area contributed by atoms with Crippen LogP contribution < -0.4 is 5.32 Å². The van der Waals surface area contributed by atoms with Gasteiger partial charge in [0.05, 0.1) is 12.1 Å². The fourth-order valence-corrected chi connectivity index (χ4v) is 3.05. The van der Waals surface area contributed by atoms with Gasteiger partial charge in [-0.25, -0.2) is 4.98 Å². The third kappa shape index (κ3) is 4.15. The number of hydrogen-bond acceptors (Lipinski definition) is 6. The van der Waals surface area contributed by atoms with Crippen molar-refractivity contribution in [2.24, 2.45) is 0 Å². The number of fused-ring (bicyclic) bond motifs is 1. The minimum absolute atomic E-state index is 0.000666. The molecule has 0 radical (unpaired) electrons. The van der Waals surface area contributed by atoms with Crippen molar-refractivity contribution in [3.8, 4) is 0 Å². The van der Waals surface area contributed by atoms with Crippen LogP contribution in [0.3, 0.4) is 0 Å². The summed E-state index contributed by atoms with van der Waals surface area (Å²) in [4.78, 5) is 40.5. The van der Waals surface area contributed by atoms with Gasteiger partial charge in [0.15, 0.2) is 16.8 Å². The number of esters is 1. The van der Waals surface area contributed by atoms with Crippen molar-refractivity contribution in [3.63, 3.8) is 0 Å². The largest absolute Gasteiger partial charge is 0.452 e. The Morgan fingerprint density at radius 1 is 1.27 bits per heavy atom. The first kappa shape index (κ1) is 17.8. The van der Waals surface area contributed by atoms with Crippen LogP contribution in [-0.2, 0) is 20.7 Å². The minimum Gasteiger partial charge on any atom is -0.452 e. The molecule has 26 heavy (non-hydrogen) atoms. The number of ether oxygens (including phenoxy) is 1. The monoisotopic (exact) mass is 371 g/mol. The second kappa shape index (κ2) is 7.49. The van der Waals surface area contributed by atoms with Crippen LogP contribution in [0.4, 0.5) is 5.69 Å². The minimum atomic E-state index is -0.946. The number of rotatable bonds is 6. The lowest BCUT2D eigenvalue weighted by atomic mass is 10.1. The summed E-state index contributed by atoms with van der Waals surface area (Å²) < 4.78 is 7.00. The molecule has 0 unspecified atom stereocenters. The molecule has 1 aromatic carbocycles. The molecule has 3 aromatic rings. The summed E-state index contributed by atoms with van der Waals surface area (Å²) in [6.45, 7) is 2.97. The average molecular weight is 371 g/mol. The lowest BCUT2D eigenvalue weighted by Gasteiger charge is -2.13. The lowest BCUT2D eigenvalue weighted by molar-refractivity contribution is -0.152. The van der Waals surface area contributed by atoms with E-state index in [1.807, 2.05) is 16.0 Å². The van der Waals surface area contributed by atoms with Crippen molar-refractivity contribution in [1.82, 2.24) is 9.38 Å². The van der Waals surface area contributed by atoms with Gasteiger partial charge in [-0.15, -0.1) is 11.3 Å². The van der Waals surface area contributed by atoms with Gasteiger partial charge in [0.25, 0.3) is 5.91 Å². The summed E-state index contributed by atoms with van der Waals surface area (Å²) in [5.41, 5.74) is 1.67. The van der Waals surface area contributed by atoms with E-state index in [0.717, 1.165) is 4.96 Å². The third-order valence-corrected chi connectivity index (χ3v) is 4.48. The van der Waals surface area contributed by atoms with E-state index in [-0.39, 0.29) is 12.2 Å². The molecule has 0 fully saturated rings. The van der Waals surface area contributed by atoms with Crippen LogP contribution >= 0.6 is 11.3 Å². The fourth-order valence-electron chi connectivity index (χ4n) is 2.33. The van der Waals surface area contributed by atoms with Crippen molar-refractivity contribution < 1.29 is 19.1 Å². The molecule has 2 aromatic heterocycles. The van der Waals surface area contributed by atoms with Gasteiger partial charge < -0.3 is 10.1 Å². The zero-order valence-corrected chi connectivity index (χ0v) is 15.1. The van der Waals surface area contributed by atoms with Crippen molar-refractivity contribution >= 4 is 39.6 Å². The van der Waals surface area contributed by atoms with Gasteiger partial charge in [-0.3, -0.25) is 18.8 Å². The summed E-state index contributed by atoms with van der Waals surface area (Å²) in [5, 5.41) is 4.55. The maximum Gasteiger partial charge on any atom is 0.312 e. The highest BCUT2D eigenvalue weighted by Crippen LogP contribution is 2.13. The van der Waals surface area contributed by atoms with E-state index in [0.29, 0.717) is 16.9 Å². The number of nitrogens with one attached hydrogen (secondary N) is 1. The Balaban J connectivity index is 1.53. The SMILES string of the molecule is CC(=O)c1ccc(NC(=O)[C@@H](C)OC(=O)Cc2cn3ccsc3n2)cc1. The molecular weight excluding hydrogens is 354 g/mol. The molecule has 2 heterocycles. The topological polar surface area (TPSA) is 89.8 Å². The lowest BCUT2D eigenvalue weighted by Crippen LogP contribution is -2.30. The Morgan fingerprint density at radius 2 is 2.00 bits per heavy atom. The number of carbonyl (C=O) groups is 3. The molecular formula is C18H17N3O4S. The molecule has 0 saturated carbocycles. The quantitative estimate of drug-likeness (QED) is 0.531. The molecule has 0 saturated heterocycles. The molecule has 0 bridgehead atoms. The van der Waals surface area contributed by atoms with Crippen LogP contribution in [0.2, 0.25) is 0 Å². The standard InChI is InChI=1S/C18H17N3O4S/c1-11(22)13-3-5-14(6-4-13)19-17(24)12(2)25-16(23)9-15-10-21-7-8-26-18(21)20-15/h3-8,10,12H,9H2,1-2H3,(H,19,24)/t12-/m1/s1. The first-order valence-corrected chi connectivity index (χ1v) is 8.83. The van der Waals surface area contributed by atoms with Crippen LogP contribution in [0.1, 0.15) is 29.9 Å². The van der Waals surface area contributed by atoms with E-state index in [1.165, 1.54) is 25.2 Å². The third-order valence-electron chi connectivity index (χ3n) is 3.71. The van der Waals surface area contributed by atoms with Crippen LogP contribution in [0.25, 0.3) is 4.96 Å². The molecule has 0 aliphatic rings. The number of benzene rings is 1. The maximum absolute atomic E-state index is 12.1. The predicted octanol–water partition coefficient (Wildman–Crippen LogP) is 2.71. The van der Waals surface area contributed by atoms with E-state index in [4.69, 9.17) is 4.74 Å². The number of ketones is 1. The highest BCUT2D eigenvalue weighted by atomic mass is 32.1. The van der Waals surface area contributed by atoms with Crippen LogP contribution in [0, 0.1) is 0 Å². The van der Waals surface area contributed by atoms with Gasteiger partial charge in [-0.05, 0) is 38.1 Å². The second-order valence-corrected chi connectivity index (χ2v) is 6.63. The first-order valence-electron chi connectivity index (χ1n) is 7.95. The zero-order valence-electron chi connectivity index (χ0n) is 14.3. The normalized spacial score (nSPS) is 11.9. The fraction of sp³-hybridized carbons (Fsp3) is 0.222. The van der Waals surface area contributed by atoms with Gasteiger partial charge in [-0.1, -0.05) is 0 Å². The summed E-state index contributed by atoms with van der Waals surface area (Å²) >= 11 is 1.47. The number of imidazole rings is 1. The van der Waals surface area contributed by atoms with Crippen LogP contribution in [0.5, 0.6) is 0 Å². The van der Waals surface area contributed by atoms with E-state index < -0.39 is 18.0 Å². The van der Waals surface area contributed by atoms with Crippen molar-refractivity contribution in [2.75, 3.05) is 5.32 Å². The van der Waals surface area contributed by atoms with Crippen molar-refractivity contribution in [3.05, 3.63) is 53.3 Å². The zero-order chi connectivity index (χ0) is 18.7. The van der Waals surface area contributed by atoms with E-state index >= 15 is 0 Å². The Morgan fingerprint density at radius 3 is 2.65 bits per heavy atom. The Labute approximate surface area is 153 Å². The first-order chi connectivity index (χ1) is 12.4. The Bertz CT molecular complexity index is 930. The number of Topliss-reactive ketones (excluding diaryl/α,β-unsaturated/α-hetero) is 1.